The summed E-state index contributed by atoms with van der Waals surface area (Å²) in [7, 11) is 0. The molecule has 1 saturated heterocycles. The first-order chi connectivity index (χ1) is 8.57. The molecule has 0 aromatic heterocycles. The van der Waals surface area contributed by atoms with Gasteiger partial charge in [-0.25, -0.2) is 0 Å². The fourth-order valence-electron chi connectivity index (χ4n) is 2.78. The molecule has 2 heterocycles. The van der Waals surface area contributed by atoms with E-state index in [9.17, 15) is 4.79 Å². The molecule has 1 aromatic carbocycles. The van der Waals surface area contributed by atoms with Crippen LogP contribution in [-0.4, -0.2) is 21.3 Å². The number of rotatable bonds is 2. The number of carboxylic acid groups (broad SMARTS) is 1. The highest BCUT2D eigenvalue weighted by Gasteiger charge is 2.38. The van der Waals surface area contributed by atoms with Crippen molar-refractivity contribution in [1.29, 1.82) is 0 Å². The maximum absolute atomic E-state index is 11.0. The topological polar surface area (TPSA) is 40.5 Å². The molecule has 3 rings (SSSR count). The Morgan fingerprint density at radius 3 is 3.06 bits per heavy atom. The molecule has 1 N–H and O–H groups in total. The van der Waals surface area contributed by atoms with Crippen molar-refractivity contribution in [1.82, 2.24) is 0 Å². The van der Waals surface area contributed by atoms with E-state index in [-0.39, 0.29) is 32.6 Å². The number of para-hydroxylation sites is 1. The zero-order chi connectivity index (χ0) is 12.8. The minimum atomic E-state index is -0.678. The van der Waals surface area contributed by atoms with Crippen molar-refractivity contribution < 1.29 is 9.90 Å². The van der Waals surface area contributed by atoms with Crippen molar-refractivity contribution in [2.75, 3.05) is 11.4 Å². The van der Waals surface area contributed by atoms with Gasteiger partial charge in [0.2, 0.25) is 0 Å². The van der Waals surface area contributed by atoms with E-state index in [0.717, 1.165) is 19.4 Å². The summed E-state index contributed by atoms with van der Waals surface area (Å²) in [4.78, 5) is 13.4. The van der Waals surface area contributed by atoms with Crippen molar-refractivity contribution in [2.45, 2.75) is 26.2 Å². The van der Waals surface area contributed by atoms with Crippen LogP contribution in [-0.2, 0) is 4.79 Å². The molecule has 3 nitrogen and oxygen atoms in total. The number of fused-ring (bicyclic) bond motifs is 3. The van der Waals surface area contributed by atoms with E-state index >= 15 is 0 Å². The summed E-state index contributed by atoms with van der Waals surface area (Å²) >= 11 is -0.00693. The number of carboxylic acids is 1. The van der Waals surface area contributed by atoms with Crippen molar-refractivity contribution in [3.05, 3.63) is 27.8 Å². The number of hydrogen-bond acceptors (Lipinski definition) is 2. The predicted octanol–water partition coefficient (Wildman–Crippen LogP) is 3.05. The minimum absolute atomic E-state index is 0.00693. The van der Waals surface area contributed by atoms with E-state index in [0.29, 0.717) is 0 Å². The van der Waals surface area contributed by atoms with Gasteiger partial charge in [-0.1, -0.05) is 39.8 Å². The SMILES string of the molecule is CC1(CC(=O)O)CCC2=Ic3ccccc3N2C1. The Hall–Kier alpha value is -0.910. The van der Waals surface area contributed by atoms with Gasteiger partial charge in [-0.2, -0.15) is 0 Å². The Morgan fingerprint density at radius 1 is 1.50 bits per heavy atom. The van der Waals surface area contributed by atoms with Crippen LogP contribution < -0.4 is 4.90 Å². The number of carbonyl (C=O) groups is 1. The molecule has 0 radical (unpaired) electrons. The van der Waals surface area contributed by atoms with E-state index in [1.165, 1.54) is 9.26 Å². The lowest BCUT2D eigenvalue weighted by atomic mass is 9.79. The van der Waals surface area contributed by atoms with Gasteiger partial charge in [0.05, 0.1) is 15.7 Å². The molecule has 0 aliphatic carbocycles. The molecule has 96 valence electrons. The highest BCUT2D eigenvalue weighted by molar-refractivity contribution is 14.2. The molecule has 0 saturated carbocycles. The Bertz CT molecular complexity index is 540. The average molecular weight is 357 g/mol. The fourth-order valence-corrected chi connectivity index (χ4v) is 5.84. The average Bonchev–Trinajstić information content (AvgIpc) is 2.65. The van der Waals surface area contributed by atoms with E-state index in [2.05, 4.69) is 36.1 Å². The van der Waals surface area contributed by atoms with Gasteiger partial charge < -0.3 is 10.0 Å². The van der Waals surface area contributed by atoms with Crippen LogP contribution in [0.1, 0.15) is 26.2 Å². The lowest BCUT2D eigenvalue weighted by molar-refractivity contribution is -0.139. The molecular formula is C14H16INO2. The Balaban J connectivity index is 1.89. The Labute approximate surface area is 117 Å². The smallest absolute Gasteiger partial charge is 0.303 e. The van der Waals surface area contributed by atoms with Crippen LogP contribution in [0.25, 0.3) is 0 Å². The second-order valence-corrected chi connectivity index (χ2v) is 8.34. The third-order valence-electron chi connectivity index (χ3n) is 3.70. The summed E-state index contributed by atoms with van der Waals surface area (Å²) in [6.07, 6.45) is 2.36. The highest BCUT2D eigenvalue weighted by atomic mass is 127. The molecule has 0 bridgehead atoms. The standard InChI is InChI=1S/C14H16INO2/c1-14(8-13(17)18)7-6-12-15-10-4-2-3-5-11(10)16(12)9-14/h2-5H,6-9H2,1H3,(H,17,18). The van der Waals surface area contributed by atoms with Gasteiger partial charge in [-0.05, 0) is 30.4 Å². The molecule has 1 fully saturated rings. The Kier molecular flexibility index (Phi) is 2.92. The zero-order valence-electron chi connectivity index (χ0n) is 10.3. The van der Waals surface area contributed by atoms with Gasteiger partial charge >= 0.3 is 5.97 Å². The second-order valence-electron chi connectivity index (χ2n) is 5.39. The number of nitrogens with zero attached hydrogens (tertiary/aromatic N) is 1. The molecule has 1 aromatic rings. The molecule has 2 aliphatic heterocycles. The number of hydrogen-bond donors (Lipinski definition) is 1. The van der Waals surface area contributed by atoms with Crippen LogP contribution in [0.15, 0.2) is 24.3 Å². The summed E-state index contributed by atoms with van der Waals surface area (Å²) in [6, 6.07) is 8.58. The van der Waals surface area contributed by atoms with E-state index in [1.54, 1.807) is 3.63 Å². The van der Waals surface area contributed by atoms with Crippen molar-refractivity contribution >= 4 is 36.0 Å². The van der Waals surface area contributed by atoms with Crippen LogP contribution in [0, 0.1) is 8.99 Å². The summed E-state index contributed by atoms with van der Waals surface area (Å²) in [6.45, 7) is 2.97. The monoisotopic (exact) mass is 357 g/mol. The van der Waals surface area contributed by atoms with Crippen molar-refractivity contribution in [3.63, 3.8) is 0 Å². The van der Waals surface area contributed by atoms with Gasteiger partial charge in [0.15, 0.2) is 0 Å². The van der Waals surface area contributed by atoms with E-state index in [1.807, 2.05) is 0 Å². The van der Waals surface area contributed by atoms with Crippen LogP contribution in [0.5, 0.6) is 0 Å². The van der Waals surface area contributed by atoms with Gasteiger partial charge in [0, 0.05) is 10.1 Å². The molecule has 18 heavy (non-hydrogen) atoms. The maximum Gasteiger partial charge on any atom is 0.303 e. The first-order valence-corrected chi connectivity index (χ1v) is 8.32. The van der Waals surface area contributed by atoms with Crippen LogP contribution in [0.4, 0.5) is 5.69 Å². The summed E-state index contributed by atoms with van der Waals surface area (Å²) in [5.41, 5.74) is 1.24. The maximum atomic E-state index is 11.0. The lowest BCUT2D eigenvalue weighted by Gasteiger charge is -2.40. The van der Waals surface area contributed by atoms with E-state index < -0.39 is 5.97 Å². The largest absolute Gasteiger partial charge is 0.481 e. The molecule has 2 aliphatic rings. The van der Waals surface area contributed by atoms with Gasteiger partial charge in [0.1, 0.15) is 0 Å². The van der Waals surface area contributed by atoms with Crippen LogP contribution >= 0.6 is 20.7 Å². The molecule has 4 heteroatoms. The summed E-state index contributed by atoms with van der Waals surface area (Å²) in [5, 5.41) is 9.05. The first kappa shape index (κ1) is 12.1. The van der Waals surface area contributed by atoms with Crippen LogP contribution in [0.2, 0.25) is 0 Å². The number of aliphatic carboxylic acids is 1. The molecule has 0 amide bonds. The first-order valence-electron chi connectivity index (χ1n) is 6.16. The third kappa shape index (κ3) is 2.06. The van der Waals surface area contributed by atoms with Crippen molar-refractivity contribution in [2.24, 2.45) is 5.41 Å². The molecular weight excluding hydrogens is 341 g/mol. The predicted molar refractivity (Wildman–Crippen MR) is 81.1 cm³/mol. The van der Waals surface area contributed by atoms with E-state index in [4.69, 9.17) is 5.11 Å². The summed E-state index contributed by atoms with van der Waals surface area (Å²) in [5.74, 6) is -0.678. The van der Waals surface area contributed by atoms with Crippen LogP contribution in [0.3, 0.4) is 0 Å². The van der Waals surface area contributed by atoms with Crippen molar-refractivity contribution in [3.8, 4) is 0 Å². The molecule has 0 spiro atoms. The summed E-state index contributed by atoms with van der Waals surface area (Å²) < 4.78 is 3.06. The second kappa shape index (κ2) is 4.33. The number of halogens is 1. The minimum Gasteiger partial charge on any atom is -0.481 e. The normalized spacial score (nSPS) is 25.8. The highest BCUT2D eigenvalue weighted by Crippen LogP contribution is 2.44. The van der Waals surface area contributed by atoms with Gasteiger partial charge in [-0.15, -0.1) is 0 Å². The Morgan fingerprint density at radius 2 is 2.28 bits per heavy atom. The molecule has 1 atom stereocenters. The third-order valence-corrected chi connectivity index (χ3v) is 6.94. The quantitative estimate of drug-likeness (QED) is 0.828. The van der Waals surface area contributed by atoms with Gasteiger partial charge in [-0.3, -0.25) is 4.79 Å². The number of benzene rings is 1. The molecule has 1 unspecified atom stereocenters. The lowest BCUT2D eigenvalue weighted by Crippen LogP contribution is -2.44. The number of piperidine rings is 1. The fraction of sp³-hybridized carbons (Fsp3) is 0.429. The zero-order valence-corrected chi connectivity index (χ0v) is 12.5. The number of anilines is 1. The van der Waals surface area contributed by atoms with Gasteiger partial charge in [0.25, 0.3) is 0 Å².